The Balaban J connectivity index is 2.50. The Kier molecular flexibility index (Phi) is 3.38. The van der Waals surface area contributed by atoms with Crippen LogP contribution < -0.4 is 0 Å². The topological polar surface area (TPSA) is 17.1 Å². The van der Waals surface area contributed by atoms with E-state index >= 15 is 0 Å². The molecule has 0 amide bonds. The lowest BCUT2D eigenvalue weighted by molar-refractivity contribution is 0.0988. The second kappa shape index (κ2) is 4.96. The summed E-state index contributed by atoms with van der Waals surface area (Å²) in [6.45, 7) is 3.97. The Morgan fingerprint density at radius 2 is 1.76 bits per heavy atom. The smallest absolute Gasteiger partial charge is 0.162 e. The van der Waals surface area contributed by atoms with E-state index in [2.05, 4.69) is 19.1 Å². The van der Waals surface area contributed by atoms with Crippen LogP contribution in [0.1, 0.15) is 29.3 Å². The van der Waals surface area contributed by atoms with Crippen molar-refractivity contribution < 1.29 is 4.79 Å². The minimum atomic E-state index is 0.196. The highest BCUT2D eigenvalue weighted by molar-refractivity contribution is 5.97. The minimum absolute atomic E-state index is 0.196. The van der Waals surface area contributed by atoms with E-state index in [1.807, 2.05) is 43.3 Å². The van der Waals surface area contributed by atoms with E-state index in [9.17, 15) is 4.79 Å². The quantitative estimate of drug-likeness (QED) is 0.712. The summed E-state index contributed by atoms with van der Waals surface area (Å²) in [5.74, 6) is 0.196. The summed E-state index contributed by atoms with van der Waals surface area (Å²) in [6.07, 6.45) is 0.553. The molecule has 2 aromatic carbocycles. The molecule has 2 rings (SSSR count). The van der Waals surface area contributed by atoms with E-state index < -0.39 is 0 Å². The number of carbonyl (C=O) groups excluding carboxylic acids is 1. The monoisotopic (exact) mass is 224 g/mol. The SMILES string of the molecule is CCC(=O)c1ccc(C)c(-c2ccccc2)c1. The molecule has 0 aliphatic heterocycles. The Bertz CT molecular complexity index is 526. The maximum Gasteiger partial charge on any atom is 0.162 e. The molecule has 1 heteroatoms. The highest BCUT2D eigenvalue weighted by Crippen LogP contribution is 2.24. The molecule has 17 heavy (non-hydrogen) atoms. The van der Waals surface area contributed by atoms with Gasteiger partial charge in [0.1, 0.15) is 0 Å². The van der Waals surface area contributed by atoms with Gasteiger partial charge in [-0.3, -0.25) is 4.79 Å². The summed E-state index contributed by atoms with van der Waals surface area (Å²) in [7, 11) is 0. The first-order valence-corrected chi connectivity index (χ1v) is 5.91. The first-order chi connectivity index (χ1) is 8.22. The molecule has 0 aliphatic rings. The maximum atomic E-state index is 11.7. The van der Waals surface area contributed by atoms with Crippen molar-refractivity contribution in [1.82, 2.24) is 0 Å². The first kappa shape index (κ1) is 11.6. The lowest BCUT2D eigenvalue weighted by Crippen LogP contribution is -1.97. The Labute approximate surface area is 102 Å². The fourth-order valence-corrected chi connectivity index (χ4v) is 1.93. The summed E-state index contributed by atoms with van der Waals surface area (Å²) in [6, 6.07) is 16.1. The summed E-state index contributed by atoms with van der Waals surface area (Å²) in [4.78, 5) is 11.7. The summed E-state index contributed by atoms with van der Waals surface area (Å²) < 4.78 is 0. The molecule has 0 unspecified atom stereocenters. The van der Waals surface area contributed by atoms with Crippen molar-refractivity contribution in [2.45, 2.75) is 20.3 Å². The van der Waals surface area contributed by atoms with E-state index in [1.165, 1.54) is 5.56 Å². The molecule has 0 saturated heterocycles. The van der Waals surface area contributed by atoms with Crippen LogP contribution in [0.2, 0.25) is 0 Å². The number of ketones is 1. The van der Waals surface area contributed by atoms with Gasteiger partial charge < -0.3 is 0 Å². The number of benzene rings is 2. The highest BCUT2D eigenvalue weighted by Gasteiger charge is 2.07. The van der Waals surface area contributed by atoms with Gasteiger partial charge in [-0.25, -0.2) is 0 Å². The Hall–Kier alpha value is -1.89. The molecule has 0 aliphatic carbocycles. The molecule has 0 atom stereocenters. The normalized spacial score (nSPS) is 10.2. The predicted octanol–water partition coefficient (Wildman–Crippen LogP) is 4.25. The average molecular weight is 224 g/mol. The highest BCUT2D eigenvalue weighted by atomic mass is 16.1. The summed E-state index contributed by atoms with van der Waals surface area (Å²) in [5.41, 5.74) is 4.31. The van der Waals surface area contributed by atoms with Gasteiger partial charge in [-0.05, 0) is 29.7 Å². The molecular formula is C16H16O. The van der Waals surface area contributed by atoms with Gasteiger partial charge in [0.05, 0.1) is 0 Å². The van der Waals surface area contributed by atoms with Crippen molar-refractivity contribution in [3.63, 3.8) is 0 Å². The molecule has 86 valence electrons. The van der Waals surface area contributed by atoms with Gasteiger partial charge >= 0.3 is 0 Å². The van der Waals surface area contributed by atoms with Gasteiger partial charge in [0.2, 0.25) is 0 Å². The Morgan fingerprint density at radius 3 is 2.41 bits per heavy atom. The fourth-order valence-electron chi connectivity index (χ4n) is 1.93. The van der Waals surface area contributed by atoms with Crippen LogP contribution in [0.3, 0.4) is 0 Å². The van der Waals surface area contributed by atoms with Crippen LogP contribution in [0, 0.1) is 6.92 Å². The number of rotatable bonds is 3. The van der Waals surface area contributed by atoms with Gasteiger partial charge in [0, 0.05) is 12.0 Å². The van der Waals surface area contributed by atoms with Crippen LogP contribution in [0.5, 0.6) is 0 Å². The zero-order valence-electron chi connectivity index (χ0n) is 10.2. The van der Waals surface area contributed by atoms with Gasteiger partial charge in [0.15, 0.2) is 5.78 Å². The van der Waals surface area contributed by atoms with Gasteiger partial charge in [-0.1, -0.05) is 49.4 Å². The Morgan fingerprint density at radius 1 is 1.06 bits per heavy atom. The van der Waals surface area contributed by atoms with E-state index in [0.29, 0.717) is 6.42 Å². The number of aryl methyl sites for hydroxylation is 1. The molecule has 0 fully saturated rings. The first-order valence-electron chi connectivity index (χ1n) is 5.91. The predicted molar refractivity (Wildman–Crippen MR) is 71.2 cm³/mol. The van der Waals surface area contributed by atoms with Crippen molar-refractivity contribution in [2.24, 2.45) is 0 Å². The van der Waals surface area contributed by atoms with Crippen molar-refractivity contribution in [2.75, 3.05) is 0 Å². The third-order valence-electron chi connectivity index (χ3n) is 2.97. The minimum Gasteiger partial charge on any atom is -0.294 e. The third kappa shape index (κ3) is 2.44. The van der Waals surface area contributed by atoms with E-state index in [1.54, 1.807) is 0 Å². The van der Waals surface area contributed by atoms with Crippen molar-refractivity contribution >= 4 is 5.78 Å². The summed E-state index contributed by atoms with van der Waals surface area (Å²) in [5, 5.41) is 0. The number of carbonyl (C=O) groups is 1. The van der Waals surface area contributed by atoms with Crippen LogP contribution in [-0.2, 0) is 0 Å². The fraction of sp³-hybridized carbons (Fsp3) is 0.188. The molecule has 0 saturated carbocycles. The van der Waals surface area contributed by atoms with Crippen molar-refractivity contribution in [1.29, 1.82) is 0 Å². The molecule has 0 aromatic heterocycles. The maximum absolute atomic E-state index is 11.7. The van der Waals surface area contributed by atoms with Gasteiger partial charge in [-0.2, -0.15) is 0 Å². The van der Waals surface area contributed by atoms with Crippen LogP contribution in [-0.4, -0.2) is 5.78 Å². The average Bonchev–Trinajstić information content (AvgIpc) is 2.39. The van der Waals surface area contributed by atoms with Crippen molar-refractivity contribution in [3.8, 4) is 11.1 Å². The van der Waals surface area contributed by atoms with Crippen LogP contribution in [0.15, 0.2) is 48.5 Å². The molecule has 0 N–H and O–H groups in total. The van der Waals surface area contributed by atoms with Gasteiger partial charge in [-0.15, -0.1) is 0 Å². The molecule has 1 nitrogen and oxygen atoms in total. The summed E-state index contributed by atoms with van der Waals surface area (Å²) >= 11 is 0. The van der Waals surface area contributed by atoms with E-state index in [4.69, 9.17) is 0 Å². The molecular weight excluding hydrogens is 208 g/mol. The van der Waals surface area contributed by atoms with Crippen LogP contribution >= 0.6 is 0 Å². The second-order valence-corrected chi connectivity index (χ2v) is 4.17. The van der Waals surface area contributed by atoms with Crippen LogP contribution in [0.4, 0.5) is 0 Å². The van der Waals surface area contributed by atoms with E-state index in [-0.39, 0.29) is 5.78 Å². The molecule has 0 bridgehead atoms. The largest absolute Gasteiger partial charge is 0.294 e. The zero-order chi connectivity index (χ0) is 12.3. The second-order valence-electron chi connectivity index (χ2n) is 4.17. The van der Waals surface area contributed by atoms with Crippen LogP contribution in [0.25, 0.3) is 11.1 Å². The molecule has 2 aromatic rings. The van der Waals surface area contributed by atoms with Crippen molar-refractivity contribution in [3.05, 3.63) is 59.7 Å². The van der Waals surface area contributed by atoms with E-state index in [0.717, 1.165) is 16.7 Å². The van der Waals surface area contributed by atoms with Gasteiger partial charge in [0.25, 0.3) is 0 Å². The molecule has 0 radical (unpaired) electrons. The third-order valence-corrected chi connectivity index (χ3v) is 2.97. The zero-order valence-corrected chi connectivity index (χ0v) is 10.2. The standard InChI is InChI=1S/C16H16O/c1-3-16(17)14-10-9-12(2)15(11-14)13-7-5-4-6-8-13/h4-11H,3H2,1-2H3. The lowest BCUT2D eigenvalue weighted by atomic mass is 9.96. The molecule has 0 spiro atoms. The number of hydrogen-bond donors (Lipinski definition) is 0. The lowest BCUT2D eigenvalue weighted by Gasteiger charge is -2.08. The number of Topliss-reactive ketones (excluding diaryl/α,β-unsaturated/α-hetero) is 1. The number of hydrogen-bond acceptors (Lipinski definition) is 1. The molecule has 0 heterocycles.